The van der Waals surface area contributed by atoms with Crippen LogP contribution in [0.15, 0.2) is 66.7 Å². The number of carbonyl (C=O) groups is 1. The minimum Gasteiger partial charge on any atom is -0.482 e. The van der Waals surface area contributed by atoms with E-state index in [1.54, 1.807) is 36.4 Å². The molecule has 0 saturated heterocycles. The Kier molecular flexibility index (Phi) is 6.84. The summed E-state index contributed by atoms with van der Waals surface area (Å²) in [7, 11) is 0. The van der Waals surface area contributed by atoms with Crippen LogP contribution in [-0.4, -0.2) is 12.5 Å². The van der Waals surface area contributed by atoms with Crippen molar-refractivity contribution in [2.24, 2.45) is 0 Å². The first kappa shape index (κ1) is 21.1. The monoisotopic (exact) mass is 420 g/mol. The van der Waals surface area contributed by atoms with E-state index in [0.29, 0.717) is 33.2 Å². The van der Waals surface area contributed by atoms with E-state index in [0.717, 1.165) is 5.56 Å². The van der Waals surface area contributed by atoms with Gasteiger partial charge < -0.3 is 10.1 Å². The van der Waals surface area contributed by atoms with Gasteiger partial charge in [-0.1, -0.05) is 47.5 Å². The van der Waals surface area contributed by atoms with Crippen molar-refractivity contribution in [2.45, 2.75) is 6.92 Å². The Morgan fingerprint density at radius 3 is 2.60 bits per heavy atom. The number of nitriles is 1. The lowest BCUT2D eigenvalue weighted by Crippen LogP contribution is -2.20. The van der Waals surface area contributed by atoms with Crippen molar-refractivity contribution in [3.63, 3.8) is 0 Å². The molecule has 150 valence electrons. The zero-order valence-electron chi connectivity index (χ0n) is 16.2. The predicted octanol–water partition coefficient (Wildman–Crippen LogP) is 5.87. The van der Waals surface area contributed by atoms with Crippen molar-refractivity contribution in [1.29, 1.82) is 5.26 Å². The number of benzene rings is 3. The predicted molar refractivity (Wildman–Crippen MR) is 117 cm³/mol. The first-order valence-corrected chi connectivity index (χ1v) is 9.49. The highest BCUT2D eigenvalue weighted by molar-refractivity contribution is 6.32. The van der Waals surface area contributed by atoms with Gasteiger partial charge in [0.1, 0.15) is 11.6 Å². The Bertz CT molecular complexity index is 1130. The second kappa shape index (κ2) is 9.73. The van der Waals surface area contributed by atoms with Gasteiger partial charge in [0.25, 0.3) is 5.91 Å². The van der Waals surface area contributed by atoms with Crippen molar-refractivity contribution < 1.29 is 13.9 Å². The SMILES string of the molecule is Cc1ccc(NC(=O)COc2ccc(/C=C(/C#N)c3cccc(F)c3)cc2Cl)cc1. The van der Waals surface area contributed by atoms with Gasteiger partial charge in [-0.2, -0.15) is 5.26 Å². The molecule has 3 rings (SSSR count). The minimum absolute atomic E-state index is 0.199. The Balaban J connectivity index is 1.66. The molecule has 3 aromatic carbocycles. The van der Waals surface area contributed by atoms with Gasteiger partial charge in [-0.3, -0.25) is 4.79 Å². The lowest BCUT2D eigenvalue weighted by molar-refractivity contribution is -0.118. The molecule has 0 aromatic heterocycles. The van der Waals surface area contributed by atoms with E-state index >= 15 is 0 Å². The summed E-state index contributed by atoms with van der Waals surface area (Å²) in [6, 6.07) is 20.2. The second-order valence-electron chi connectivity index (χ2n) is 6.57. The third-order valence-corrected chi connectivity index (χ3v) is 4.51. The van der Waals surface area contributed by atoms with E-state index in [2.05, 4.69) is 11.4 Å². The highest BCUT2D eigenvalue weighted by Gasteiger charge is 2.08. The van der Waals surface area contributed by atoms with Crippen LogP contribution in [0.25, 0.3) is 11.6 Å². The third kappa shape index (κ3) is 5.69. The first-order valence-electron chi connectivity index (χ1n) is 9.11. The van der Waals surface area contributed by atoms with E-state index < -0.39 is 5.82 Å². The number of allylic oxidation sites excluding steroid dienone is 1. The van der Waals surface area contributed by atoms with Crippen LogP contribution >= 0.6 is 11.6 Å². The fourth-order valence-corrected chi connectivity index (χ4v) is 2.95. The molecular weight excluding hydrogens is 403 g/mol. The zero-order chi connectivity index (χ0) is 21.5. The van der Waals surface area contributed by atoms with Gasteiger partial charge in [0.15, 0.2) is 6.61 Å². The van der Waals surface area contributed by atoms with Gasteiger partial charge in [0, 0.05) is 5.69 Å². The smallest absolute Gasteiger partial charge is 0.262 e. The summed E-state index contributed by atoms with van der Waals surface area (Å²) in [5.41, 5.74) is 3.21. The Morgan fingerprint density at radius 1 is 1.17 bits per heavy atom. The highest BCUT2D eigenvalue weighted by Crippen LogP contribution is 2.28. The number of anilines is 1. The number of hydrogen-bond donors (Lipinski definition) is 1. The average Bonchev–Trinajstić information content (AvgIpc) is 2.73. The number of aryl methyl sites for hydroxylation is 1. The van der Waals surface area contributed by atoms with Gasteiger partial charge in [-0.05, 0) is 60.5 Å². The molecule has 0 fully saturated rings. The summed E-state index contributed by atoms with van der Waals surface area (Å²) in [6.07, 6.45) is 1.61. The molecule has 3 aromatic rings. The molecule has 4 nitrogen and oxygen atoms in total. The van der Waals surface area contributed by atoms with Crippen LogP contribution < -0.4 is 10.1 Å². The fourth-order valence-electron chi connectivity index (χ4n) is 2.70. The average molecular weight is 421 g/mol. The molecule has 0 spiro atoms. The normalized spacial score (nSPS) is 10.9. The van der Waals surface area contributed by atoms with Gasteiger partial charge in [0.2, 0.25) is 0 Å². The van der Waals surface area contributed by atoms with Crippen LogP contribution in [0.2, 0.25) is 5.02 Å². The third-order valence-electron chi connectivity index (χ3n) is 4.22. The quantitative estimate of drug-likeness (QED) is 0.400. The molecule has 0 heterocycles. The molecule has 30 heavy (non-hydrogen) atoms. The van der Waals surface area contributed by atoms with Crippen molar-refractivity contribution in [2.75, 3.05) is 11.9 Å². The van der Waals surface area contributed by atoms with Crippen LogP contribution in [0.4, 0.5) is 10.1 Å². The van der Waals surface area contributed by atoms with Crippen LogP contribution in [0.3, 0.4) is 0 Å². The molecular formula is C24H18ClFN2O2. The summed E-state index contributed by atoms with van der Waals surface area (Å²) >= 11 is 6.26. The fraction of sp³-hybridized carbons (Fsp3) is 0.0833. The van der Waals surface area contributed by atoms with E-state index in [9.17, 15) is 14.4 Å². The summed E-state index contributed by atoms with van der Waals surface area (Å²) in [5, 5.41) is 12.4. The first-order chi connectivity index (χ1) is 14.4. The van der Waals surface area contributed by atoms with Gasteiger partial charge in [0.05, 0.1) is 16.7 Å². The van der Waals surface area contributed by atoms with E-state index in [-0.39, 0.29) is 12.5 Å². The number of nitrogens with one attached hydrogen (secondary N) is 1. The van der Waals surface area contributed by atoms with Gasteiger partial charge in [-0.15, -0.1) is 0 Å². The molecule has 1 amide bonds. The number of hydrogen-bond acceptors (Lipinski definition) is 3. The van der Waals surface area contributed by atoms with Crippen molar-refractivity contribution >= 4 is 34.8 Å². The number of ether oxygens (including phenoxy) is 1. The Morgan fingerprint density at radius 2 is 1.93 bits per heavy atom. The van der Waals surface area contributed by atoms with E-state index in [1.807, 2.05) is 31.2 Å². The molecule has 0 atom stereocenters. The maximum Gasteiger partial charge on any atom is 0.262 e. The number of nitrogens with zero attached hydrogens (tertiary/aromatic N) is 1. The maximum atomic E-state index is 13.4. The van der Waals surface area contributed by atoms with E-state index in [1.165, 1.54) is 12.1 Å². The summed E-state index contributed by atoms with van der Waals surface area (Å²) in [4.78, 5) is 12.1. The summed E-state index contributed by atoms with van der Waals surface area (Å²) < 4.78 is 18.9. The summed E-state index contributed by atoms with van der Waals surface area (Å²) in [5.74, 6) is -0.381. The van der Waals surface area contributed by atoms with Crippen LogP contribution in [0.1, 0.15) is 16.7 Å². The molecule has 0 radical (unpaired) electrons. The van der Waals surface area contributed by atoms with Crippen molar-refractivity contribution in [1.82, 2.24) is 0 Å². The molecule has 0 unspecified atom stereocenters. The number of amides is 1. The molecule has 0 aliphatic heterocycles. The number of halogens is 2. The van der Waals surface area contributed by atoms with E-state index in [4.69, 9.17) is 16.3 Å². The number of carbonyl (C=O) groups excluding carboxylic acids is 1. The molecule has 6 heteroatoms. The topological polar surface area (TPSA) is 62.1 Å². The highest BCUT2D eigenvalue weighted by atomic mass is 35.5. The molecule has 0 aliphatic rings. The van der Waals surface area contributed by atoms with Crippen molar-refractivity contribution in [3.05, 3.63) is 94.3 Å². The standard InChI is InChI=1S/C24H18ClFN2O2/c1-16-5-8-21(9-6-16)28-24(29)15-30-23-10-7-17(12-22(23)25)11-19(14-27)18-3-2-4-20(26)13-18/h2-13H,15H2,1H3,(H,28,29)/b19-11-. The summed E-state index contributed by atoms with van der Waals surface area (Å²) in [6.45, 7) is 1.77. The zero-order valence-corrected chi connectivity index (χ0v) is 16.9. The van der Waals surface area contributed by atoms with Gasteiger partial charge in [-0.25, -0.2) is 4.39 Å². The van der Waals surface area contributed by atoms with Crippen LogP contribution in [-0.2, 0) is 4.79 Å². The van der Waals surface area contributed by atoms with Crippen LogP contribution in [0.5, 0.6) is 5.75 Å². The maximum absolute atomic E-state index is 13.4. The Labute approximate surface area is 179 Å². The van der Waals surface area contributed by atoms with Gasteiger partial charge >= 0.3 is 0 Å². The molecule has 0 bridgehead atoms. The lowest BCUT2D eigenvalue weighted by Gasteiger charge is -2.10. The lowest BCUT2D eigenvalue weighted by atomic mass is 10.0. The number of rotatable bonds is 6. The second-order valence-corrected chi connectivity index (χ2v) is 6.98. The largest absolute Gasteiger partial charge is 0.482 e. The molecule has 0 aliphatic carbocycles. The Hall–Kier alpha value is -3.62. The molecule has 0 saturated carbocycles. The minimum atomic E-state index is -0.417. The van der Waals surface area contributed by atoms with Crippen molar-refractivity contribution in [3.8, 4) is 11.8 Å². The van der Waals surface area contributed by atoms with Crippen LogP contribution in [0, 0.1) is 24.1 Å². The molecule has 1 N–H and O–H groups in total.